The summed E-state index contributed by atoms with van der Waals surface area (Å²) < 4.78 is 58.3. The molecule has 0 aliphatic rings. The van der Waals surface area contributed by atoms with Crippen LogP contribution in [0.1, 0.15) is 0 Å². The second-order valence-corrected chi connectivity index (χ2v) is 3.34. The molecule has 5 nitrogen and oxygen atoms in total. The van der Waals surface area contributed by atoms with Crippen LogP contribution >= 0.6 is 8.03 Å². The van der Waals surface area contributed by atoms with E-state index in [1.807, 2.05) is 0 Å². The van der Waals surface area contributed by atoms with E-state index in [1.54, 1.807) is 0 Å². The molecule has 0 spiro atoms. The number of ether oxygens (including phenoxy) is 2. The molecule has 9 heteroatoms. The predicted molar refractivity (Wildman–Crippen MR) is 37.9 cm³/mol. The van der Waals surface area contributed by atoms with Crippen LogP contribution in [0.3, 0.4) is 0 Å². The summed E-state index contributed by atoms with van der Waals surface area (Å²) in [4.78, 5) is 10.4. The Balaban J connectivity index is 4.58. The molecule has 0 aliphatic heterocycles. The Morgan fingerprint density at radius 3 is 2.14 bits per heavy atom. The molecule has 0 fully saturated rings. The average Bonchev–Trinajstić information content (AvgIpc) is 2.10. The molecule has 2 unspecified atom stereocenters. The molecule has 0 rings (SSSR count). The van der Waals surface area contributed by atoms with Gasteiger partial charge in [-0.3, -0.25) is 0 Å². The van der Waals surface area contributed by atoms with Gasteiger partial charge in [-0.05, 0) is 4.57 Å². The minimum atomic E-state index is -4.96. The predicted octanol–water partition coefficient (Wildman–Crippen LogP) is 2.05. The van der Waals surface area contributed by atoms with Crippen LogP contribution in [0.2, 0.25) is 0 Å². The number of hydrogen-bond donors (Lipinski definition) is 0. The Labute approximate surface area is 78.0 Å². The summed E-state index contributed by atoms with van der Waals surface area (Å²) in [6.45, 7) is 0. The number of methoxy groups -OCH3 is 1. The van der Waals surface area contributed by atoms with Crippen molar-refractivity contribution in [3.05, 3.63) is 0 Å². The highest BCUT2D eigenvalue weighted by Crippen LogP contribution is 2.40. The van der Waals surface area contributed by atoms with Crippen molar-refractivity contribution >= 4 is 14.2 Å². The highest BCUT2D eigenvalue weighted by Gasteiger charge is 2.58. The zero-order valence-electron chi connectivity index (χ0n) is 7.20. The molecule has 0 heterocycles. The number of carbonyl (C=O) groups is 1. The second kappa shape index (κ2) is 5.11. The van der Waals surface area contributed by atoms with Gasteiger partial charge in [0.05, 0.1) is 14.2 Å². The summed E-state index contributed by atoms with van der Waals surface area (Å²) >= 11 is 0. The van der Waals surface area contributed by atoms with Gasteiger partial charge in [0.15, 0.2) is 0 Å². The summed E-state index contributed by atoms with van der Waals surface area (Å²) in [7, 11) is -1.53. The maximum Gasteiger partial charge on any atom is 0.563 e. The van der Waals surface area contributed by atoms with Gasteiger partial charge in [0.1, 0.15) is 0 Å². The van der Waals surface area contributed by atoms with E-state index in [1.165, 1.54) is 0 Å². The minimum absolute atomic E-state index is 0.804. The molecule has 0 aromatic carbocycles. The van der Waals surface area contributed by atoms with Gasteiger partial charge < -0.3 is 9.47 Å². The van der Waals surface area contributed by atoms with Crippen molar-refractivity contribution in [1.82, 2.24) is 0 Å². The molecule has 0 radical (unpaired) electrons. The van der Waals surface area contributed by atoms with Gasteiger partial charge in [-0.25, -0.2) is 4.79 Å². The van der Waals surface area contributed by atoms with Crippen molar-refractivity contribution in [3.8, 4) is 0 Å². The first-order valence-electron chi connectivity index (χ1n) is 3.14. The van der Waals surface area contributed by atoms with Gasteiger partial charge in [0.2, 0.25) is 0 Å². The van der Waals surface area contributed by atoms with E-state index in [0.717, 1.165) is 14.2 Å². The lowest BCUT2D eigenvalue weighted by Crippen LogP contribution is -2.31. The van der Waals surface area contributed by atoms with Gasteiger partial charge in [0, 0.05) is 0 Å². The fourth-order valence-electron chi connectivity index (χ4n) is 0.464. The Morgan fingerprint density at radius 2 is 1.86 bits per heavy atom. The Bertz CT molecular complexity index is 228. The molecule has 14 heavy (non-hydrogen) atoms. The largest absolute Gasteiger partial charge is 0.563 e. The summed E-state index contributed by atoms with van der Waals surface area (Å²) in [5.74, 6) is -2.81. The molecule has 82 valence electrons. The highest BCUT2D eigenvalue weighted by atomic mass is 31.1. The number of alkyl halides is 3. The molecule has 0 aliphatic carbocycles. The van der Waals surface area contributed by atoms with Crippen LogP contribution < -0.4 is 0 Å². The van der Waals surface area contributed by atoms with E-state index in [0.29, 0.717) is 0 Å². The van der Waals surface area contributed by atoms with E-state index < -0.39 is 26.2 Å². The van der Waals surface area contributed by atoms with Crippen molar-refractivity contribution in [3.63, 3.8) is 0 Å². The molecular weight excluding hydrogens is 228 g/mol. The first-order chi connectivity index (χ1) is 6.32. The summed E-state index contributed by atoms with van der Waals surface area (Å²) in [5, 5.41) is 0. The molecule has 0 aromatic rings. The Hall–Kier alpha value is -0.880. The third kappa shape index (κ3) is 3.89. The molecule has 0 saturated carbocycles. The quantitative estimate of drug-likeness (QED) is 0.553. The van der Waals surface area contributed by atoms with Crippen molar-refractivity contribution in [2.75, 3.05) is 14.2 Å². The summed E-state index contributed by atoms with van der Waals surface area (Å²) in [6.07, 6.45) is -6.54. The van der Waals surface area contributed by atoms with Crippen molar-refractivity contribution < 1.29 is 36.5 Å². The average molecular weight is 235 g/mol. The van der Waals surface area contributed by atoms with Crippen LogP contribution in [-0.2, 0) is 18.6 Å². The zero-order valence-corrected chi connectivity index (χ0v) is 8.09. The molecule has 0 aromatic heterocycles. The van der Waals surface area contributed by atoms with E-state index >= 15 is 0 Å². The van der Waals surface area contributed by atoms with Gasteiger partial charge in [0.25, 0.3) is 0 Å². The Morgan fingerprint density at radius 1 is 1.36 bits per heavy atom. The standard InChI is InChI=1S/C5H7F3O5P/c1-11-4(9)13-3(5(6,7)8)14(10)12-2/h3H,1-2H3/q+1. The van der Waals surface area contributed by atoms with Gasteiger partial charge >= 0.3 is 26.2 Å². The van der Waals surface area contributed by atoms with Crippen LogP contribution in [0.15, 0.2) is 0 Å². The zero-order chi connectivity index (χ0) is 11.4. The van der Waals surface area contributed by atoms with E-state index in [-0.39, 0.29) is 0 Å². The topological polar surface area (TPSA) is 61.8 Å². The maximum absolute atomic E-state index is 12.1. The number of rotatable bonds is 3. The minimum Gasteiger partial charge on any atom is -0.438 e. The third-order valence-corrected chi connectivity index (χ3v) is 2.17. The lowest BCUT2D eigenvalue weighted by atomic mass is 10.7. The molecule has 2 atom stereocenters. The summed E-state index contributed by atoms with van der Waals surface area (Å²) in [6, 6.07) is 0. The van der Waals surface area contributed by atoms with Crippen molar-refractivity contribution in [2.45, 2.75) is 12.0 Å². The molecular formula is C5H7F3O5P+. The van der Waals surface area contributed by atoms with Gasteiger partial charge in [-0.2, -0.15) is 13.2 Å². The van der Waals surface area contributed by atoms with Crippen molar-refractivity contribution in [1.29, 1.82) is 0 Å². The highest BCUT2D eigenvalue weighted by molar-refractivity contribution is 7.39. The van der Waals surface area contributed by atoms with Crippen molar-refractivity contribution in [2.24, 2.45) is 0 Å². The molecule has 0 saturated heterocycles. The van der Waals surface area contributed by atoms with Gasteiger partial charge in [-0.15, -0.1) is 4.52 Å². The van der Waals surface area contributed by atoms with Crippen LogP contribution in [0, 0.1) is 0 Å². The lowest BCUT2D eigenvalue weighted by molar-refractivity contribution is -0.182. The fourth-order valence-corrected chi connectivity index (χ4v) is 1.07. The number of hydrogen-bond acceptors (Lipinski definition) is 5. The molecule has 0 N–H and O–H groups in total. The summed E-state index contributed by atoms with van der Waals surface area (Å²) in [5.41, 5.74) is 0. The van der Waals surface area contributed by atoms with E-state index in [9.17, 15) is 22.5 Å². The smallest absolute Gasteiger partial charge is 0.438 e. The monoisotopic (exact) mass is 235 g/mol. The van der Waals surface area contributed by atoms with Crippen LogP contribution in [-0.4, -0.2) is 32.4 Å². The van der Waals surface area contributed by atoms with Crippen LogP contribution in [0.25, 0.3) is 0 Å². The van der Waals surface area contributed by atoms with Crippen LogP contribution in [0.4, 0.5) is 18.0 Å². The third-order valence-electron chi connectivity index (χ3n) is 1.03. The first kappa shape index (κ1) is 13.1. The molecule has 0 amide bonds. The molecule has 0 bridgehead atoms. The fraction of sp³-hybridized carbons (Fsp3) is 0.800. The first-order valence-corrected chi connectivity index (χ1v) is 4.39. The van der Waals surface area contributed by atoms with E-state index in [2.05, 4.69) is 14.0 Å². The number of carbonyl (C=O) groups excluding carboxylic acids is 1. The number of halogens is 3. The second-order valence-electron chi connectivity index (χ2n) is 1.93. The van der Waals surface area contributed by atoms with Gasteiger partial charge in [-0.1, -0.05) is 0 Å². The van der Waals surface area contributed by atoms with E-state index in [4.69, 9.17) is 0 Å². The Kier molecular flexibility index (Phi) is 4.79. The van der Waals surface area contributed by atoms with Crippen LogP contribution in [0.5, 0.6) is 0 Å². The normalized spacial score (nSPS) is 14.5. The maximum atomic E-state index is 12.1. The SMILES string of the molecule is COC(=O)OC([P+](=O)OC)C(F)(F)F. The lowest BCUT2D eigenvalue weighted by Gasteiger charge is -2.09.